The number of nitro benzene ring substituents is 1. The van der Waals surface area contributed by atoms with Crippen LogP contribution in [0.4, 0.5) is 11.4 Å². The number of carbonyl (C=O) groups excluding carboxylic acids is 1. The summed E-state index contributed by atoms with van der Waals surface area (Å²) in [4.78, 5) is 24.9. The lowest BCUT2D eigenvalue weighted by Crippen LogP contribution is -2.41. The van der Waals surface area contributed by atoms with E-state index in [1.807, 2.05) is 17.9 Å². The van der Waals surface area contributed by atoms with Gasteiger partial charge >= 0.3 is 0 Å². The highest BCUT2D eigenvalue weighted by Crippen LogP contribution is 2.23. The third-order valence-corrected chi connectivity index (χ3v) is 3.66. The molecule has 122 valence electrons. The fourth-order valence-corrected chi connectivity index (χ4v) is 2.28. The molecule has 23 heavy (non-hydrogen) atoms. The Kier molecular flexibility index (Phi) is 5.48. The van der Waals surface area contributed by atoms with Gasteiger partial charge in [-0.25, -0.2) is 0 Å². The molecule has 0 saturated heterocycles. The number of para-hydroxylation sites is 2. The zero-order valence-electron chi connectivity index (χ0n) is 13.1. The molecule has 0 bridgehead atoms. The number of hydrogen-bond acceptors (Lipinski definition) is 5. The van der Waals surface area contributed by atoms with Crippen LogP contribution in [0.25, 0.3) is 0 Å². The summed E-state index contributed by atoms with van der Waals surface area (Å²) in [6.07, 6.45) is 3.22. The van der Waals surface area contributed by atoms with Crippen molar-refractivity contribution in [3.8, 4) is 0 Å². The number of nitrogens with zero attached hydrogens (tertiary/aromatic N) is 2. The van der Waals surface area contributed by atoms with E-state index in [2.05, 4.69) is 5.32 Å². The summed E-state index contributed by atoms with van der Waals surface area (Å²) in [5.41, 5.74) is 1.05. The van der Waals surface area contributed by atoms with Crippen molar-refractivity contribution < 1.29 is 14.1 Å². The topological polar surface area (TPSA) is 88.6 Å². The molecule has 1 aromatic heterocycles. The van der Waals surface area contributed by atoms with Gasteiger partial charge in [-0.1, -0.05) is 19.1 Å². The molecular weight excluding hydrogens is 298 g/mol. The highest BCUT2D eigenvalue weighted by molar-refractivity contribution is 5.96. The van der Waals surface area contributed by atoms with Crippen LogP contribution < -0.4 is 5.32 Å². The molecule has 2 aromatic rings. The van der Waals surface area contributed by atoms with E-state index in [1.54, 1.807) is 31.6 Å². The summed E-state index contributed by atoms with van der Waals surface area (Å²) < 4.78 is 5.04. The van der Waals surface area contributed by atoms with Gasteiger partial charge in [-0.15, -0.1) is 0 Å². The van der Waals surface area contributed by atoms with Crippen LogP contribution >= 0.6 is 0 Å². The molecule has 0 radical (unpaired) electrons. The second-order valence-electron chi connectivity index (χ2n) is 5.13. The predicted octanol–water partition coefficient (Wildman–Crippen LogP) is 3.04. The number of nitro groups is 1. The van der Waals surface area contributed by atoms with Gasteiger partial charge in [-0.3, -0.25) is 19.8 Å². The Bertz CT molecular complexity index is 670. The number of rotatable bonds is 7. The van der Waals surface area contributed by atoms with Crippen molar-refractivity contribution in [3.63, 3.8) is 0 Å². The summed E-state index contributed by atoms with van der Waals surface area (Å²) in [6, 6.07) is 7.51. The van der Waals surface area contributed by atoms with Gasteiger partial charge in [0.25, 0.3) is 5.69 Å². The molecule has 7 nitrogen and oxygen atoms in total. The van der Waals surface area contributed by atoms with Crippen LogP contribution in [0.15, 0.2) is 47.3 Å². The van der Waals surface area contributed by atoms with Gasteiger partial charge in [0.2, 0.25) is 5.91 Å². The largest absolute Gasteiger partial charge is 0.472 e. The molecule has 0 spiro atoms. The SMILES string of the molecule is CCN(Cc1ccoc1)[C@H](C)C(=O)Nc1ccccc1[N+](=O)[O-]. The van der Waals surface area contributed by atoms with E-state index in [1.165, 1.54) is 12.1 Å². The summed E-state index contributed by atoms with van der Waals surface area (Å²) in [5, 5.41) is 13.6. The van der Waals surface area contributed by atoms with Crippen LogP contribution in [-0.4, -0.2) is 28.3 Å². The summed E-state index contributed by atoms with van der Waals surface area (Å²) in [5.74, 6) is -0.287. The van der Waals surface area contributed by atoms with Crippen molar-refractivity contribution >= 4 is 17.3 Å². The van der Waals surface area contributed by atoms with Crippen LogP contribution in [0.3, 0.4) is 0 Å². The molecule has 0 aliphatic heterocycles. The number of amides is 1. The van der Waals surface area contributed by atoms with Crippen LogP contribution in [0, 0.1) is 10.1 Å². The smallest absolute Gasteiger partial charge is 0.292 e. The lowest BCUT2D eigenvalue weighted by Gasteiger charge is -2.26. The molecule has 1 aromatic carbocycles. The van der Waals surface area contributed by atoms with Crippen LogP contribution in [0.1, 0.15) is 19.4 Å². The molecule has 0 unspecified atom stereocenters. The molecule has 2 rings (SSSR count). The first-order valence-electron chi connectivity index (χ1n) is 7.32. The summed E-state index contributed by atoms with van der Waals surface area (Å²) in [6.45, 7) is 4.96. The standard InChI is InChI=1S/C16H19N3O4/c1-3-18(10-13-8-9-23-11-13)12(2)16(20)17-14-6-4-5-7-15(14)19(21)22/h4-9,11-12H,3,10H2,1-2H3,(H,17,20)/t12-/m1/s1. The van der Waals surface area contributed by atoms with Gasteiger partial charge in [0, 0.05) is 18.2 Å². The van der Waals surface area contributed by atoms with Gasteiger partial charge in [0.1, 0.15) is 5.69 Å². The zero-order chi connectivity index (χ0) is 16.8. The highest BCUT2D eigenvalue weighted by Gasteiger charge is 2.23. The first-order valence-corrected chi connectivity index (χ1v) is 7.32. The molecule has 1 N–H and O–H groups in total. The molecule has 1 amide bonds. The van der Waals surface area contributed by atoms with Gasteiger partial charge in [0.15, 0.2) is 0 Å². The van der Waals surface area contributed by atoms with E-state index >= 15 is 0 Å². The van der Waals surface area contributed by atoms with E-state index in [0.717, 1.165) is 5.56 Å². The van der Waals surface area contributed by atoms with Crippen molar-refractivity contribution in [2.75, 3.05) is 11.9 Å². The maximum absolute atomic E-state index is 12.4. The number of carbonyl (C=O) groups is 1. The van der Waals surface area contributed by atoms with Crippen molar-refractivity contribution in [2.24, 2.45) is 0 Å². The Morgan fingerprint density at radius 2 is 2.13 bits per heavy atom. The Morgan fingerprint density at radius 3 is 2.74 bits per heavy atom. The maximum Gasteiger partial charge on any atom is 0.292 e. The van der Waals surface area contributed by atoms with Crippen molar-refractivity contribution in [3.05, 3.63) is 58.5 Å². The third kappa shape index (κ3) is 4.17. The van der Waals surface area contributed by atoms with Gasteiger partial charge in [-0.2, -0.15) is 0 Å². The molecule has 0 aliphatic carbocycles. The zero-order valence-corrected chi connectivity index (χ0v) is 13.1. The molecule has 0 saturated carbocycles. The van der Waals surface area contributed by atoms with Crippen LogP contribution in [-0.2, 0) is 11.3 Å². The van der Waals surface area contributed by atoms with Gasteiger partial charge in [-0.05, 0) is 25.6 Å². The second kappa shape index (κ2) is 7.55. The fourth-order valence-electron chi connectivity index (χ4n) is 2.28. The summed E-state index contributed by atoms with van der Waals surface area (Å²) in [7, 11) is 0. The van der Waals surface area contributed by atoms with Gasteiger partial charge in [0.05, 0.1) is 23.5 Å². The number of likely N-dealkylation sites (N-methyl/N-ethyl adjacent to an activating group) is 1. The van der Waals surface area contributed by atoms with E-state index in [4.69, 9.17) is 4.42 Å². The molecule has 1 atom stereocenters. The Hall–Kier alpha value is -2.67. The Balaban J connectivity index is 2.08. The normalized spacial score (nSPS) is 12.1. The fraction of sp³-hybridized carbons (Fsp3) is 0.312. The lowest BCUT2D eigenvalue weighted by molar-refractivity contribution is -0.383. The highest BCUT2D eigenvalue weighted by atomic mass is 16.6. The second-order valence-corrected chi connectivity index (χ2v) is 5.13. The van der Waals surface area contributed by atoms with E-state index < -0.39 is 11.0 Å². The Morgan fingerprint density at radius 1 is 1.39 bits per heavy atom. The van der Waals surface area contributed by atoms with E-state index in [0.29, 0.717) is 13.1 Å². The number of anilines is 1. The van der Waals surface area contributed by atoms with Crippen molar-refractivity contribution in [2.45, 2.75) is 26.4 Å². The molecular formula is C16H19N3O4. The molecule has 1 heterocycles. The number of nitrogens with one attached hydrogen (secondary N) is 1. The molecule has 0 fully saturated rings. The quantitative estimate of drug-likeness (QED) is 0.626. The molecule has 7 heteroatoms. The third-order valence-electron chi connectivity index (χ3n) is 3.66. The average Bonchev–Trinajstić information content (AvgIpc) is 3.05. The van der Waals surface area contributed by atoms with Crippen molar-refractivity contribution in [1.29, 1.82) is 0 Å². The van der Waals surface area contributed by atoms with Gasteiger partial charge < -0.3 is 9.73 Å². The first kappa shape index (κ1) is 16.7. The monoisotopic (exact) mass is 317 g/mol. The molecule has 0 aliphatic rings. The minimum atomic E-state index is -0.511. The van der Waals surface area contributed by atoms with Crippen molar-refractivity contribution in [1.82, 2.24) is 4.90 Å². The minimum absolute atomic E-state index is 0.120. The first-order chi connectivity index (χ1) is 11.0. The van der Waals surface area contributed by atoms with Crippen LogP contribution in [0.5, 0.6) is 0 Å². The number of benzene rings is 1. The predicted molar refractivity (Wildman–Crippen MR) is 86.0 cm³/mol. The Labute approximate surface area is 134 Å². The minimum Gasteiger partial charge on any atom is -0.472 e. The maximum atomic E-state index is 12.4. The lowest BCUT2D eigenvalue weighted by atomic mass is 10.2. The van der Waals surface area contributed by atoms with Crippen LogP contribution in [0.2, 0.25) is 0 Å². The number of furan rings is 1. The average molecular weight is 317 g/mol. The van der Waals surface area contributed by atoms with E-state index in [9.17, 15) is 14.9 Å². The van der Waals surface area contributed by atoms with E-state index in [-0.39, 0.29) is 17.3 Å². The number of hydrogen-bond donors (Lipinski definition) is 1. The summed E-state index contributed by atoms with van der Waals surface area (Å²) >= 11 is 0.